The highest BCUT2D eigenvalue weighted by molar-refractivity contribution is 6.35. The van der Waals surface area contributed by atoms with Gasteiger partial charge >= 0.3 is 17.1 Å². The van der Waals surface area contributed by atoms with Crippen molar-refractivity contribution in [2.75, 3.05) is 93.6 Å². The number of carbonyl (C=O) groups is 3. The van der Waals surface area contributed by atoms with Gasteiger partial charge in [0.2, 0.25) is 17.7 Å². The topological polar surface area (TPSA) is 262 Å². The van der Waals surface area contributed by atoms with E-state index in [0.29, 0.717) is 142 Å². The molecule has 4 aliphatic heterocycles. The molecule has 0 N–H and O–H groups in total. The van der Waals surface area contributed by atoms with Gasteiger partial charge in [0.05, 0.1) is 76.8 Å². The number of aromatic nitrogens is 12. The highest BCUT2D eigenvalue weighted by Gasteiger charge is 2.40. The molecule has 4 aliphatic rings. The number of anilines is 4. The molecule has 678 valence electrons. The summed E-state index contributed by atoms with van der Waals surface area (Å²) in [7, 11) is 7.77. The molecule has 0 saturated carbocycles. The summed E-state index contributed by atoms with van der Waals surface area (Å²) in [4.78, 5) is 141. The lowest BCUT2D eigenvalue weighted by molar-refractivity contribution is -0.129. The van der Waals surface area contributed by atoms with E-state index >= 15 is 8.78 Å². The van der Waals surface area contributed by atoms with Gasteiger partial charge in [-0.2, -0.15) is 15.0 Å². The SMILES string of the molecule is C=CC(=O)N1CC(C)N(c2nc(=O)n(-c3c(C(C)C)ccnc3CN(C)C)c3nc(-c4ccccc4F)c(Cl)cc23)CC1C.C=CC(=O)N1CC(C)N(c2nc(=O)n(-c3c(C)ccnc3C(C)C)c3nc(N4CCCCC4C)c(Cl)cc23)CC1C.C=CC(=O)N1CC(C)N(c2nc(=O)n(-c3c(CN(C)C)ccnc3C(C)C)c3nc(-c4ccccc4F)c(Cl)cc23)CC1C. The zero-order valence-electron chi connectivity index (χ0n) is 76.7. The number of benzene rings is 2. The van der Waals surface area contributed by atoms with Gasteiger partial charge in [0.25, 0.3) is 0 Å². The molecule has 0 radical (unpaired) electrons. The number of aryl methyl sites for hydroxylation is 1. The molecule has 7 unspecified atom stereocenters. The molecule has 0 aliphatic carbocycles. The monoisotopic (exact) mass is 1810 g/mol. The van der Waals surface area contributed by atoms with Crippen LogP contribution >= 0.6 is 34.8 Å². The highest BCUT2D eigenvalue weighted by Crippen LogP contribution is 2.43. The van der Waals surface area contributed by atoms with E-state index in [1.807, 2.05) is 139 Å². The Morgan fingerprint density at radius 1 is 0.450 bits per heavy atom. The number of rotatable bonds is 19. The number of piperazine rings is 3. The van der Waals surface area contributed by atoms with Crippen LogP contribution in [0, 0.1) is 18.6 Å². The molecule has 27 nitrogen and oxygen atoms in total. The maximum absolute atomic E-state index is 15.1. The van der Waals surface area contributed by atoms with Crippen molar-refractivity contribution >= 4 is 109 Å². The largest absolute Gasteiger partial charge is 0.355 e. The number of hydrogen-bond acceptors (Lipinski definition) is 21. The van der Waals surface area contributed by atoms with Gasteiger partial charge in [-0.3, -0.25) is 29.3 Å². The number of amides is 3. The molecule has 13 heterocycles. The molecule has 9 aromatic heterocycles. The summed E-state index contributed by atoms with van der Waals surface area (Å²) < 4.78 is 34.8. The van der Waals surface area contributed by atoms with Crippen LogP contribution in [-0.4, -0.2) is 217 Å². The predicted molar refractivity (Wildman–Crippen MR) is 512 cm³/mol. The average molecular weight is 1810 g/mol. The van der Waals surface area contributed by atoms with Crippen molar-refractivity contribution in [1.82, 2.24) is 83.1 Å². The van der Waals surface area contributed by atoms with Gasteiger partial charge in [-0.05, 0) is 216 Å². The maximum atomic E-state index is 15.1. The zero-order valence-corrected chi connectivity index (χ0v) is 78.9. The van der Waals surface area contributed by atoms with Crippen LogP contribution in [-0.2, 0) is 27.5 Å². The number of nitrogens with zero attached hydrogens (tertiary/aromatic N) is 21. The molecule has 11 aromatic rings. The summed E-state index contributed by atoms with van der Waals surface area (Å²) >= 11 is 20.7. The van der Waals surface area contributed by atoms with Crippen LogP contribution in [0.15, 0.2) is 156 Å². The van der Waals surface area contributed by atoms with Crippen LogP contribution < -0.4 is 36.7 Å². The number of hydrogen-bond donors (Lipinski definition) is 0. The van der Waals surface area contributed by atoms with Crippen LogP contribution in [0.25, 0.3) is 72.7 Å². The number of fused-ring (bicyclic) bond motifs is 3. The van der Waals surface area contributed by atoms with Crippen LogP contribution in [0.2, 0.25) is 15.1 Å². The first-order valence-electron chi connectivity index (χ1n) is 43.8. The molecular formula is C97H114Cl3F2N21O6. The minimum atomic E-state index is -0.541. The quantitative estimate of drug-likeness (QED) is 0.0681. The molecule has 0 spiro atoms. The highest BCUT2D eigenvalue weighted by atomic mass is 35.5. The molecule has 129 heavy (non-hydrogen) atoms. The summed E-state index contributed by atoms with van der Waals surface area (Å²) in [5.41, 5.74) is 7.29. The van der Waals surface area contributed by atoms with Crippen molar-refractivity contribution in [2.45, 2.75) is 189 Å². The molecule has 4 saturated heterocycles. The van der Waals surface area contributed by atoms with Gasteiger partial charge in [0, 0.05) is 131 Å². The average Bonchev–Trinajstić information content (AvgIpc) is 0.740. The Bertz CT molecular complexity index is 6100. The number of piperidine rings is 1. The Labute approximate surface area is 766 Å². The Balaban J connectivity index is 0.000000165. The third kappa shape index (κ3) is 19.2. The number of carbonyl (C=O) groups excluding carboxylic acids is 3. The first-order valence-corrected chi connectivity index (χ1v) is 45.0. The lowest BCUT2D eigenvalue weighted by atomic mass is 10.00. The van der Waals surface area contributed by atoms with E-state index in [2.05, 4.69) is 94.1 Å². The third-order valence-corrected chi connectivity index (χ3v) is 25.3. The fraction of sp³-hybridized carbons (Fsp3) is 0.412. The summed E-state index contributed by atoms with van der Waals surface area (Å²) in [6.45, 7) is 43.8. The second-order valence-electron chi connectivity index (χ2n) is 35.5. The second-order valence-corrected chi connectivity index (χ2v) is 36.8. The van der Waals surface area contributed by atoms with Crippen LogP contribution in [0.3, 0.4) is 0 Å². The van der Waals surface area contributed by atoms with Gasteiger partial charge in [0.1, 0.15) is 34.9 Å². The molecule has 2 aromatic carbocycles. The van der Waals surface area contributed by atoms with E-state index in [-0.39, 0.29) is 110 Å². The molecule has 32 heteroatoms. The summed E-state index contributed by atoms with van der Waals surface area (Å²) in [5.74, 6) is 0.778. The zero-order chi connectivity index (χ0) is 93.3. The fourth-order valence-corrected chi connectivity index (χ4v) is 18.8. The van der Waals surface area contributed by atoms with E-state index in [9.17, 15) is 28.8 Å². The minimum Gasteiger partial charge on any atom is -0.353 e. The fourth-order valence-electron chi connectivity index (χ4n) is 18.0. The van der Waals surface area contributed by atoms with E-state index in [1.165, 1.54) is 45.9 Å². The third-order valence-electron chi connectivity index (χ3n) is 24.4. The van der Waals surface area contributed by atoms with Gasteiger partial charge in [-0.25, -0.2) is 51.8 Å². The molecule has 15 rings (SSSR count). The molecule has 0 bridgehead atoms. The molecule has 7 atom stereocenters. The van der Waals surface area contributed by atoms with E-state index in [4.69, 9.17) is 49.8 Å². The van der Waals surface area contributed by atoms with Crippen LogP contribution in [0.1, 0.15) is 161 Å². The van der Waals surface area contributed by atoms with Crippen molar-refractivity contribution in [3.8, 4) is 39.6 Å². The summed E-state index contributed by atoms with van der Waals surface area (Å²) in [5, 5.41) is 2.75. The Morgan fingerprint density at radius 3 is 1.26 bits per heavy atom. The van der Waals surface area contributed by atoms with E-state index in [0.717, 1.165) is 41.8 Å². The number of pyridine rings is 6. The smallest absolute Gasteiger partial charge is 0.353 e. The summed E-state index contributed by atoms with van der Waals surface area (Å²) in [6.07, 6.45) is 12.5. The van der Waals surface area contributed by atoms with Crippen LogP contribution in [0.5, 0.6) is 0 Å². The normalized spacial score (nSPS) is 18.5. The lowest BCUT2D eigenvalue weighted by Crippen LogP contribution is -2.58. The van der Waals surface area contributed by atoms with E-state index < -0.39 is 28.7 Å². The van der Waals surface area contributed by atoms with Gasteiger partial charge in [-0.1, -0.05) is 120 Å². The minimum absolute atomic E-state index is 0.0246. The number of halogens is 5. The van der Waals surface area contributed by atoms with Crippen molar-refractivity contribution in [2.24, 2.45) is 0 Å². The van der Waals surface area contributed by atoms with Crippen molar-refractivity contribution in [3.05, 3.63) is 233 Å². The van der Waals surface area contributed by atoms with Gasteiger partial charge < -0.3 is 44.1 Å². The Hall–Kier alpha value is -11.8. The molecular weight excluding hydrogens is 1700 g/mol. The summed E-state index contributed by atoms with van der Waals surface area (Å²) in [6, 6.07) is 23.0. The van der Waals surface area contributed by atoms with Gasteiger partial charge in [-0.15, -0.1) is 0 Å². The van der Waals surface area contributed by atoms with E-state index in [1.54, 1.807) is 81.5 Å². The predicted octanol–water partition coefficient (Wildman–Crippen LogP) is 16.1. The lowest BCUT2D eigenvalue weighted by Gasteiger charge is -2.44. The molecule has 3 amide bonds. The molecule has 4 fully saturated rings. The maximum Gasteiger partial charge on any atom is 0.355 e. The second kappa shape index (κ2) is 39.7. The Kier molecular flexibility index (Phi) is 29.2. The standard InChI is InChI=1S/2C33H37ClFN7O2.C31H40ClN7O2/c1-8-28(43)40-16-21(5)41(17-20(40)4)31-24-15-25(34)29(23-11-9-10-12-26(23)35)37-32(24)42(33(44)38-31)30-22(19(2)3)13-14-36-27(30)18-39(6)7;1-8-27(43)40-16-21(5)41(17-20(40)4)31-24-15-25(34)29(23-11-9-10-12-26(23)35)37-32(24)42(33(44)38-31)30-22(18-39(6)7)13-14-36-28(30)19(2)3;1-8-25(40)37-16-22(7)38(17-21(37)6)28-23-15-24(32)30(36-14-10-9-11-20(36)5)34-29(23)39(31(41)35-28)27-19(4)12-13-33-26(27)18(2)3/h2*8-15,19-21H,1,16-18H2,2-7H3;8,12-13,15,18,20-22H,1,9-11,14,16-17H2,2-7H3. The van der Waals surface area contributed by atoms with Gasteiger partial charge in [0.15, 0.2) is 16.9 Å². The Morgan fingerprint density at radius 2 is 0.845 bits per heavy atom. The van der Waals surface area contributed by atoms with Crippen molar-refractivity contribution < 1.29 is 23.2 Å². The first kappa shape index (κ1) is 94.8. The van der Waals surface area contributed by atoms with Crippen LogP contribution in [0.4, 0.5) is 32.1 Å². The van der Waals surface area contributed by atoms with Crippen molar-refractivity contribution in [1.29, 1.82) is 0 Å². The first-order chi connectivity index (χ1) is 61.4. The van der Waals surface area contributed by atoms with Crippen molar-refractivity contribution in [3.63, 3.8) is 0 Å².